The summed E-state index contributed by atoms with van der Waals surface area (Å²) in [6.07, 6.45) is 2.01. The maximum atomic E-state index is 12.9. The summed E-state index contributed by atoms with van der Waals surface area (Å²) in [5, 5.41) is 1.05. The fraction of sp³-hybridized carbons (Fsp3) is 0.333. The summed E-state index contributed by atoms with van der Waals surface area (Å²) in [6, 6.07) is 15.6. The van der Waals surface area contributed by atoms with E-state index in [4.69, 9.17) is 20.2 Å². The Morgan fingerprint density at radius 2 is 1.87 bits per heavy atom. The van der Waals surface area contributed by atoms with E-state index >= 15 is 0 Å². The number of para-hydroxylation sites is 1. The standard InChI is InChI=1S/C24H27N3O3/c1-29-19-7-8-22(30-2)18(13-19)15-23(28)27-11-9-16(10-12-27)24-20(25)14-17-5-3-4-6-21(17)26-24/h3-8,13-14,16H,9-12,15,25H2,1-2H3. The van der Waals surface area contributed by atoms with Crippen LogP contribution < -0.4 is 15.2 Å². The lowest BCUT2D eigenvalue weighted by Gasteiger charge is -2.32. The van der Waals surface area contributed by atoms with Gasteiger partial charge in [-0.1, -0.05) is 18.2 Å². The number of fused-ring (bicyclic) bond motifs is 1. The van der Waals surface area contributed by atoms with Crippen molar-refractivity contribution in [3.8, 4) is 11.5 Å². The highest BCUT2D eigenvalue weighted by Gasteiger charge is 2.26. The lowest BCUT2D eigenvalue weighted by atomic mass is 9.91. The maximum absolute atomic E-state index is 12.9. The summed E-state index contributed by atoms with van der Waals surface area (Å²) in [5.41, 5.74) is 9.79. The molecule has 0 atom stereocenters. The number of pyridine rings is 1. The van der Waals surface area contributed by atoms with Gasteiger partial charge in [0, 0.05) is 30.0 Å². The predicted molar refractivity (Wildman–Crippen MR) is 118 cm³/mol. The second kappa shape index (κ2) is 8.61. The van der Waals surface area contributed by atoms with Crippen LogP contribution >= 0.6 is 0 Å². The first-order valence-corrected chi connectivity index (χ1v) is 10.2. The fourth-order valence-corrected chi connectivity index (χ4v) is 4.17. The van der Waals surface area contributed by atoms with Crippen LogP contribution in [0.2, 0.25) is 0 Å². The van der Waals surface area contributed by atoms with Gasteiger partial charge in [-0.05, 0) is 43.2 Å². The number of nitrogens with two attached hydrogens (primary N) is 1. The lowest BCUT2D eigenvalue weighted by Crippen LogP contribution is -2.39. The van der Waals surface area contributed by atoms with Gasteiger partial charge in [0.1, 0.15) is 11.5 Å². The largest absolute Gasteiger partial charge is 0.497 e. The first-order chi connectivity index (χ1) is 14.6. The van der Waals surface area contributed by atoms with Crippen molar-refractivity contribution in [3.05, 3.63) is 59.8 Å². The van der Waals surface area contributed by atoms with Crippen LogP contribution in [0.25, 0.3) is 10.9 Å². The topological polar surface area (TPSA) is 77.7 Å². The van der Waals surface area contributed by atoms with Crippen LogP contribution in [0.1, 0.15) is 30.0 Å². The van der Waals surface area contributed by atoms with E-state index < -0.39 is 0 Å². The quantitative estimate of drug-likeness (QED) is 0.699. The van der Waals surface area contributed by atoms with Gasteiger partial charge in [-0.2, -0.15) is 0 Å². The van der Waals surface area contributed by atoms with Crippen LogP contribution in [-0.4, -0.2) is 43.1 Å². The Morgan fingerprint density at radius 3 is 2.60 bits per heavy atom. The van der Waals surface area contributed by atoms with Crippen molar-refractivity contribution in [2.45, 2.75) is 25.2 Å². The molecule has 4 rings (SSSR count). The molecule has 0 aliphatic carbocycles. The van der Waals surface area contributed by atoms with Crippen LogP contribution in [0.15, 0.2) is 48.5 Å². The molecule has 2 N–H and O–H groups in total. The number of methoxy groups -OCH3 is 2. The van der Waals surface area contributed by atoms with Crippen LogP contribution in [0.3, 0.4) is 0 Å². The maximum Gasteiger partial charge on any atom is 0.227 e. The second-order valence-corrected chi connectivity index (χ2v) is 7.67. The van der Waals surface area contributed by atoms with Gasteiger partial charge in [0.15, 0.2) is 0 Å². The third kappa shape index (κ3) is 4.03. The molecule has 0 spiro atoms. The number of likely N-dealkylation sites (tertiary alicyclic amines) is 1. The Kier molecular flexibility index (Phi) is 5.74. The highest BCUT2D eigenvalue weighted by Crippen LogP contribution is 2.33. The van der Waals surface area contributed by atoms with E-state index in [0.717, 1.165) is 46.4 Å². The number of benzene rings is 2. The summed E-state index contributed by atoms with van der Waals surface area (Å²) in [5.74, 6) is 1.78. The number of ether oxygens (including phenoxy) is 2. The predicted octanol–water partition coefficient (Wildman–Crippen LogP) is 3.78. The van der Waals surface area contributed by atoms with Gasteiger partial charge in [0.05, 0.1) is 37.5 Å². The molecule has 156 valence electrons. The molecule has 2 aromatic carbocycles. The number of aromatic nitrogens is 1. The summed E-state index contributed by atoms with van der Waals surface area (Å²) in [7, 11) is 3.23. The zero-order valence-electron chi connectivity index (χ0n) is 17.4. The van der Waals surface area contributed by atoms with Crippen LogP contribution in [0.4, 0.5) is 5.69 Å². The van der Waals surface area contributed by atoms with E-state index in [1.54, 1.807) is 14.2 Å². The molecule has 1 saturated heterocycles. The van der Waals surface area contributed by atoms with Gasteiger partial charge < -0.3 is 20.1 Å². The summed E-state index contributed by atoms with van der Waals surface area (Å²) in [4.78, 5) is 19.7. The van der Waals surface area contributed by atoms with Gasteiger partial charge >= 0.3 is 0 Å². The van der Waals surface area contributed by atoms with Crippen LogP contribution in [-0.2, 0) is 11.2 Å². The number of nitrogen functional groups attached to an aromatic ring is 1. The number of rotatable bonds is 5. The average molecular weight is 405 g/mol. The molecular formula is C24H27N3O3. The Bertz CT molecular complexity index is 1060. The van der Waals surface area contributed by atoms with Gasteiger partial charge in [0.25, 0.3) is 0 Å². The number of hydrogen-bond donors (Lipinski definition) is 1. The Labute approximate surface area is 176 Å². The molecule has 2 heterocycles. The minimum Gasteiger partial charge on any atom is -0.497 e. The van der Waals surface area contributed by atoms with Crippen LogP contribution in [0.5, 0.6) is 11.5 Å². The molecule has 0 saturated carbocycles. The molecule has 0 unspecified atom stereocenters. The van der Waals surface area contributed by atoms with E-state index in [-0.39, 0.29) is 11.8 Å². The number of piperidine rings is 1. The Morgan fingerprint density at radius 1 is 1.10 bits per heavy atom. The number of nitrogens with zero attached hydrogens (tertiary/aromatic N) is 2. The van der Waals surface area contributed by atoms with Crippen molar-refractivity contribution in [2.75, 3.05) is 33.0 Å². The third-order valence-electron chi connectivity index (χ3n) is 5.85. The number of anilines is 1. The highest BCUT2D eigenvalue weighted by molar-refractivity contribution is 5.82. The molecule has 1 amide bonds. The summed E-state index contributed by atoms with van der Waals surface area (Å²) in [6.45, 7) is 1.40. The second-order valence-electron chi connectivity index (χ2n) is 7.67. The zero-order valence-corrected chi connectivity index (χ0v) is 17.4. The monoisotopic (exact) mass is 405 g/mol. The molecule has 0 bridgehead atoms. The van der Waals surface area contributed by atoms with E-state index in [1.165, 1.54) is 0 Å². The minimum atomic E-state index is 0.0967. The summed E-state index contributed by atoms with van der Waals surface area (Å²) >= 11 is 0. The lowest BCUT2D eigenvalue weighted by molar-refractivity contribution is -0.131. The first kappa shape index (κ1) is 20.0. The Hall–Kier alpha value is -3.28. The summed E-state index contributed by atoms with van der Waals surface area (Å²) < 4.78 is 10.7. The van der Waals surface area contributed by atoms with E-state index in [2.05, 4.69) is 0 Å². The number of carbonyl (C=O) groups excluding carboxylic acids is 1. The average Bonchev–Trinajstić information content (AvgIpc) is 2.78. The fourth-order valence-electron chi connectivity index (χ4n) is 4.17. The van der Waals surface area contributed by atoms with Gasteiger partial charge in [-0.25, -0.2) is 0 Å². The Balaban J connectivity index is 1.44. The molecule has 1 fully saturated rings. The molecule has 1 aliphatic rings. The number of hydrogen-bond acceptors (Lipinski definition) is 5. The molecule has 0 radical (unpaired) electrons. The van der Waals surface area contributed by atoms with Crippen molar-refractivity contribution in [1.29, 1.82) is 0 Å². The third-order valence-corrected chi connectivity index (χ3v) is 5.85. The smallest absolute Gasteiger partial charge is 0.227 e. The van der Waals surface area contributed by atoms with Crippen molar-refractivity contribution >= 4 is 22.5 Å². The molecule has 3 aromatic rings. The zero-order chi connectivity index (χ0) is 21.1. The molecular weight excluding hydrogens is 378 g/mol. The van der Waals surface area contributed by atoms with Crippen molar-refractivity contribution in [3.63, 3.8) is 0 Å². The molecule has 1 aliphatic heterocycles. The minimum absolute atomic E-state index is 0.0967. The van der Waals surface area contributed by atoms with Crippen LogP contribution in [0, 0.1) is 0 Å². The van der Waals surface area contributed by atoms with E-state index in [9.17, 15) is 4.79 Å². The first-order valence-electron chi connectivity index (χ1n) is 10.2. The van der Waals surface area contributed by atoms with Gasteiger partial charge in [0.2, 0.25) is 5.91 Å². The van der Waals surface area contributed by atoms with Crippen molar-refractivity contribution in [2.24, 2.45) is 0 Å². The molecule has 6 nitrogen and oxygen atoms in total. The normalized spacial score (nSPS) is 14.7. The molecule has 30 heavy (non-hydrogen) atoms. The molecule has 1 aromatic heterocycles. The van der Waals surface area contributed by atoms with E-state index in [1.807, 2.05) is 53.4 Å². The number of carbonyl (C=O) groups is 1. The van der Waals surface area contributed by atoms with Gasteiger partial charge in [-0.3, -0.25) is 9.78 Å². The van der Waals surface area contributed by atoms with Crippen molar-refractivity contribution in [1.82, 2.24) is 9.88 Å². The van der Waals surface area contributed by atoms with Crippen molar-refractivity contribution < 1.29 is 14.3 Å². The van der Waals surface area contributed by atoms with Gasteiger partial charge in [-0.15, -0.1) is 0 Å². The SMILES string of the molecule is COc1ccc(OC)c(CC(=O)N2CCC(c3nc4ccccc4cc3N)CC2)c1. The molecule has 6 heteroatoms. The number of amides is 1. The highest BCUT2D eigenvalue weighted by atomic mass is 16.5. The van der Waals surface area contributed by atoms with E-state index in [0.29, 0.717) is 25.3 Å².